The first-order valence-electron chi connectivity index (χ1n) is 25.8. The zero-order valence-corrected chi connectivity index (χ0v) is 45.6. The Kier molecular flexibility index (Phi) is 18.1. The van der Waals surface area contributed by atoms with Gasteiger partial charge in [-0.15, -0.1) is 0 Å². The highest BCUT2D eigenvalue weighted by molar-refractivity contribution is 6.35. The normalized spacial score (nSPS) is 13.3. The van der Waals surface area contributed by atoms with Gasteiger partial charge in [-0.3, -0.25) is 34.1 Å². The van der Waals surface area contributed by atoms with Crippen molar-refractivity contribution in [1.29, 1.82) is 0 Å². The molecule has 75 heavy (non-hydrogen) atoms. The van der Waals surface area contributed by atoms with Gasteiger partial charge in [0.15, 0.2) is 6.61 Å². The number of aromatic nitrogens is 5. The van der Waals surface area contributed by atoms with E-state index in [1.807, 2.05) is 96.6 Å². The Morgan fingerprint density at radius 3 is 2.32 bits per heavy atom. The number of carbonyl (C=O) groups is 5. The average Bonchev–Trinajstić information content (AvgIpc) is 4.03. The first-order chi connectivity index (χ1) is 35.9. The van der Waals surface area contributed by atoms with E-state index in [4.69, 9.17) is 30.9 Å². The van der Waals surface area contributed by atoms with Crippen LogP contribution in [0.3, 0.4) is 0 Å². The third-order valence-corrected chi connectivity index (χ3v) is 13.6. The summed E-state index contributed by atoms with van der Waals surface area (Å²) in [7, 11) is 1.91. The topological polar surface area (TPSA) is 195 Å². The Morgan fingerprint density at radius 2 is 1.61 bits per heavy atom. The van der Waals surface area contributed by atoms with E-state index in [1.165, 1.54) is 0 Å². The van der Waals surface area contributed by atoms with E-state index in [2.05, 4.69) is 48.3 Å². The van der Waals surface area contributed by atoms with Crippen LogP contribution in [0.25, 0.3) is 43.8 Å². The molecule has 1 atom stereocenters. The molecule has 0 spiro atoms. The van der Waals surface area contributed by atoms with Gasteiger partial charge in [-0.25, -0.2) is 9.78 Å². The highest BCUT2D eigenvalue weighted by atomic mass is 35.5. The van der Waals surface area contributed by atoms with E-state index < -0.39 is 29.4 Å². The van der Waals surface area contributed by atoms with Gasteiger partial charge in [0.1, 0.15) is 39.7 Å². The number of carbonyl (C=O) groups excluding carboxylic acids is 5. The van der Waals surface area contributed by atoms with Crippen LogP contribution in [0.2, 0.25) is 5.02 Å². The quantitative estimate of drug-likeness (QED) is 0.0397. The molecular weight excluding hydrogens is 974 g/mol. The largest absolute Gasteiger partial charge is 0.493 e. The molecule has 1 unspecified atom stereocenters. The van der Waals surface area contributed by atoms with E-state index in [0.717, 1.165) is 55.5 Å². The first kappa shape index (κ1) is 55.5. The number of esters is 1. The van der Waals surface area contributed by atoms with Gasteiger partial charge in [0.05, 0.1) is 28.4 Å². The summed E-state index contributed by atoms with van der Waals surface area (Å²) in [6.07, 6.45) is 1.81. The number of nitrogens with one attached hydrogen (secondary N) is 3. The molecule has 7 aromatic rings. The fourth-order valence-corrected chi connectivity index (χ4v) is 9.97. The number of nitrogens with zero attached hydrogens (tertiary/aromatic N) is 6. The predicted octanol–water partition coefficient (Wildman–Crippen LogP) is 9.04. The summed E-state index contributed by atoms with van der Waals surface area (Å²) >= 11 is 7.22. The van der Waals surface area contributed by atoms with Crippen LogP contribution in [-0.4, -0.2) is 122 Å². The Labute approximate surface area is 443 Å². The number of rotatable bonds is 19. The number of aryl methyl sites for hydroxylation is 4. The zero-order valence-electron chi connectivity index (χ0n) is 44.8. The lowest BCUT2D eigenvalue weighted by molar-refractivity contribution is -0.135. The predicted molar refractivity (Wildman–Crippen MR) is 293 cm³/mol. The number of hydrogen-bond acceptors (Lipinski definition) is 11. The molecule has 3 aromatic heterocycles. The SMILES string of the molecule is CC.Cc1nc2c(C(=O)NC(C)CCC(=O)NC=O)c(OCC(=O)N3CCN(CCn4c(C(=O)OC(C)(C)C)c(CCCOc5cccc6ccccc56)c5ccc(Cl)c(-c6c(C)nn(C)c6C)c54)CC3)ccc2[nH]1. The van der Waals surface area contributed by atoms with Crippen LogP contribution in [0.5, 0.6) is 11.5 Å². The molecule has 0 radical (unpaired) electrons. The number of H-pyrrole nitrogens is 1. The second-order valence-electron chi connectivity index (χ2n) is 19.7. The van der Waals surface area contributed by atoms with E-state index in [9.17, 15) is 24.0 Å². The molecule has 0 bridgehead atoms. The maximum absolute atomic E-state index is 14.7. The first-order valence-corrected chi connectivity index (χ1v) is 26.1. The molecule has 398 valence electrons. The number of piperazine rings is 1. The summed E-state index contributed by atoms with van der Waals surface area (Å²) in [5.74, 6) is 0.0154. The number of aromatic amines is 1. The lowest BCUT2D eigenvalue weighted by Crippen LogP contribution is -2.50. The van der Waals surface area contributed by atoms with Crippen LogP contribution in [-0.2, 0) is 39.1 Å². The number of halogens is 1. The van der Waals surface area contributed by atoms with Crippen LogP contribution >= 0.6 is 11.6 Å². The van der Waals surface area contributed by atoms with Crippen molar-refractivity contribution in [3.05, 3.63) is 106 Å². The number of ether oxygens (including phenoxy) is 3. The summed E-state index contributed by atoms with van der Waals surface area (Å²) in [5.41, 5.74) is 6.04. The highest BCUT2D eigenvalue weighted by Gasteiger charge is 2.32. The van der Waals surface area contributed by atoms with Crippen LogP contribution in [0.1, 0.15) is 104 Å². The second kappa shape index (κ2) is 24.4. The monoisotopic (exact) mass is 1040 g/mol. The van der Waals surface area contributed by atoms with Crippen molar-refractivity contribution in [1.82, 2.24) is 44.7 Å². The van der Waals surface area contributed by atoms with Crippen molar-refractivity contribution in [2.75, 3.05) is 45.9 Å². The minimum absolute atomic E-state index is 0.0418. The third kappa shape index (κ3) is 12.8. The fourth-order valence-electron chi connectivity index (χ4n) is 9.72. The minimum Gasteiger partial charge on any atom is -0.493 e. The summed E-state index contributed by atoms with van der Waals surface area (Å²) in [6, 6.07) is 21.0. The Morgan fingerprint density at radius 1 is 0.880 bits per heavy atom. The Hall–Kier alpha value is -7.24. The average molecular weight is 1040 g/mol. The smallest absolute Gasteiger partial charge is 0.355 e. The fraction of sp³-hybridized carbons (Fsp3) is 0.421. The number of imidazole rings is 1. The molecule has 1 aliphatic rings. The van der Waals surface area contributed by atoms with Gasteiger partial charge < -0.3 is 34.0 Å². The standard InChI is InChI=1S/C55H64ClN9O8.C2H6/c1-33(18-23-45(67)57-32-66)58-53(69)49-44(22-21-42-50(49)60-36(4)59-42)72-31-46(68)64-27-24-63(25-28-64)26-29-65-51-40(19-20-41(56)48(51)47-34(2)61-62(8)35(47)3)39(52(65)54(70)73-55(5,6)7)16-12-30-71-43-17-11-14-37-13-9-10-15-38(37)43;1-2/h9-11,13-15,17,19-22,32-33H,12,16,18,23-31H2,1-8H3,(H,58,69)(H,59,60)(H,57,66,67);1-2H3. The lowest BCUT2D eigenvalue weighted by atomic mass is 9.98. The highest BCUT2D eigenvalue weighted by Crippen LogP contribution is 2.42. The molecule has 3 N–H and O–H groups in total. The van der Waals surface area contributed by atoms with Crippen LogP contribution in [0.4, 0.5) is 0 Å². The van der Waals surface area contributed by atoms with Crippen molar-refractivity contribution >= 4 is 74.4 Å². The number of hydrogen-bond donors (Lipinski definition) is 3. The minimum atomic E-state index is -0.770. The molecule has 17 nitrogen and oxygen atoms in total. The van der Waals surface area contributed by atoms with Gasteiger partial charge in [0, 0.05) is 86.4 Å². The molecule has 4 amide bonds. The van der Waals surface area contributed by atoms with Crippen molar-refractivity contribution in [3.63, 3.8) is 0 Å². The molecular formula is C57H70ClN9O8. The molecule has 0 aliphatic carbocycles. The van der Waals surface area contributed by atoms with E-state index in [-0.39, 0.29) is 30.2 Å². The van der Waals surface area contributed by atoms with Crippen LogP contribution in [0, 0.1) is 20.8 Å². The molecule has 0 saturated carbocycles. The maximum Gasteiger partial charge on any atom is 0.355 e. The van der Waals surface area contributed by atoms with Gasteiger partial charge >= 0.3 is 5.97 Å². The van der Waals surface area contributed by atoms with Gasteiger partial charge in [-0.05, 0) is 103 Å². The number of amides is 4. The molecule has 8 rings (SSSR count). The number of fused-ring (bicyclic) bond motifs is 3. The van der Waals surface area contributed by atoms with Gasteiger partial charge in [-0.2, -0.15) is 5.10 Å². The Balaban J connectivity index is 0.00000405. The summed E-state index contributed by atoms with van der Waals surface area (Å²) in [6.45, 7) is 20.2. The molecule has 1 fully saturated rings. The van der Waals surface area contributed by atoms with Crippen molar-refractivity contribution < 1.29 is 38.2 Å². The van der Waals surface area contributed by atoms with E-state index in [1.54, 1.807) is 30.9 Å². The second-order valence-corrected chi connectivity index (χ2v) is 20.1. The number of imide groups is 1. The van der Waals surface area contributed by atoms with Gasteiger partial charge in [0.25, 0.3) is 11.8 Å². The Bertz CT molecular complexity index is 3210. The van der Waals surface area contributed by atoms with Crippen molar-refractivity contribution in [3.8, 4) is 22.6 Å². The zero-order chi connectivity index (χ0) is 54.1. The molecule has 18 heteroatoms. The molecule has 4 heterocycles. The van der Waals surface area contributed by atoms with E-state index in [0.29, 0.717) is 99.1 Å². The number of benzene rings is 4. The summed E-state index contributed by atoms with van der Waals surface area (Å²) in [4.78, 5) is 76.4. The van der Waals surface area contributed by atoms with Crippen molar-refractivity contribution in [2.24, 2.45) is 7.05 Å². The summed E-state index contributed by atoms with van der Waals surface area (Å²) in [5, 5.41) is 13.3. The molecule has 1 saturated heterocycles. The van der Waals surface area contributed by atoms with Crippen molar-refractivity contribution in [2.45, 2.75) is 106 Å². The van der Waals surface area contributed by atoms with E-state index >= 15 is 0 Å². The van der Waals surface area contributed by atoms with Gasteiger partial charge in [0.2, 0.25) is 12.3 Å². The summed E-state index contributed by atoms with van der Waals surface area (Å²) < 4.78 is 22.6. The van der Waals surface area contributed by atoms with Gasteiger partial charge in [-0.1, -0.05) is 67.9 Å². The molecule has 1 aliphatic heterocycles. The van der Waals surface area contributed by atoms with Crippen LogP contribution in [0.15, 0.2) is 66.7 Å². The maximum atomic E-state index is 14.7. The lowest BCUT2D eigenvalue weighted by Gasteiger charge is -2.35. The molecule has 4 aromatic carbocycles. The van der Waals surface area contributed by atoms with Crippen LogP contribution < -0.4 is 20.1 Å². The third-order valence-electron chi connectivity index (χ3n) is 13.3.